The van der Waals surface area contributed by atoms with Crippen LogP contribution in [-0.2, 0) is 0 Å². The van der Waals surface area contributed by atoms with Crippen LogP contribution in [0.4, 0.5) is 11.4 Å². The molecule has 0 spiro atoms. The second kappa shape index (κ2) is 5.20. The number of nitrogens with zero attached hydrogens (tertiary/aromatic N) is 3. The van der Waals surface area contributed by atoms with Crippen LogP contribution in [0, 0.1) is 0 Å². The maximum atomic E-state index is 9.91. The van der Waals surface area contributed by atoms with Crippen LogP contribution in [0.3, 0.4) is 0 Å². The van der Waals surface area contributed by atoms with E-state index in [2.05, 4.69) is 26.1 Å². The van der Waals surface area contributed by atoms with E-state index >= 15 is 0 Å². The van der Waals surface area contributed by atoms with E-state index in [1.54, 1.807) is 6.20 Å². The molecule has 4 N–H and O–H groups in total. The number of aliphatic hydroxyl groups is 1. The van der Waals surface area contributed by atoms with Gasteiger partial charge in [0.2, 0.25) is 0 Å². The molecule has 0 bridgehead atoms. The first-order chi connectivity index (χ1) is 9.92. The molecule has 2 aromatic rings. The summed E-state index contributed by atoms with van der Waals surface area (Å²) in [4.78, 5) is 4.60. The Kier molecular flexibility index (Phi) is 3.51. The van der Waals surface area contributed by atoms with E-state index in [0.29, 0.717) is 6.54 Å². The monoisotopic (exact) mass is 289 g/mol. The molecule has 1 aliphatic heterocycles. The molecule has 0 amide bonds. The predicted octanol–water partition coefficient (Wildman–Crippen LogP) is 1.04. The number of fused-ring (bicyclic) bond motifs is 1. The lowest BCUT2D eigenvalue weighted by Gasteiger charge is -2.38. The Morgan fingerprint density at radius 1 is 1.29 bits per heavy atom. The van der Waals surface area contributed by atoms with Crippen molar-refractivity contribution in [1.29, 1.82) is 0 Å². The molecule has 1 aliphatic rings. The molecule has 0 atom stereocenters. The van der Waals surface area contributed by atoms with Crippen molar-refractivity contribution >= 4 is 22.3 Å². The van der Waals surface area contributed by atoms with E-state index in [4.69, 9.17) is 5.73 Å². The molecule has 2 heterocycles. The van der Waals surface area contributed by atoms with Crippen molar-refractivity contribution in [3.8, 4) is 0 Å². The standard InChI is InChI=1S/C15H23N5O/c1-15(2,21)10-19-3-5-20(6-4-19)14-8-13-11(7-12(14)16)9-17-18-13/h7-9,21H,3-6,10,16H2,1-2H3,(H,17,18). The maximum absolute atomic E-state index is 9.91. The van der Waals surface area contributed by atoms with E-state index < -0.39 is 5.60 Å². The number of nitrogens with two attached hydrogens (primary N) is 1. The number of anilines is 2. The predicted molar refractivity (Wildman–Crippen MR) is 85.5 cm³/mol. The first-order valence-corrected chi connectivity index (χ1v) is 7.35. The highest BCUT2D eigenvalue weighted by atomic mass is 16.3. The largest absolute Gasteiger partial charge is 0.397 e. The molecule has 0 unspecified atom stereocenters. The number of nitrogen functional groups attached to an aromatic ring is 1. The van der Waals surface area contributed by atoms with Crippen molar-refractivity contribution in [1.82, 2.24) is 15.1 Å². The number of aromatic amines is 1. The number of benzene rings is 1. The third-order valence-electron chi connectivity index (χ3n) is 3.91. The number of H-pyrrole nitrogens is 1. The molecular formula is C15H23N5O. The summed E-state index contributed by atoms with van der Waals surface area (Å²) >= 11 is 0. The van der Waals surface area contributed by atoms with Gasteiger partial charge in [-0.05, 0) is 26.0 Å². The van der Waals surface area contributed by atoms with Gasteiger partial charge in [0.1, 0.15) is 0 Å². The second-order valence-electron chi connectivity index (χ2n) is 6.44. The van der Waals surface area contributed by atoms with Gasteiger partial charge in [-0.2, -0.15) is 5.10 Å². The minimum absolute atomic E-state index is 0.643. The highest BCUT2D eigenvalue weighted by Crippen LogP contribution is 2.29. The van der Waals surface area contributed by atoms with Crippen molar-refractivity contribution in [2.75, 3.05) is 43.4 Å². The summed E-state index contributed by atoms with van der Waals surface area (Å²) in [6.45, 7) is 8.11. The Balaban J connectivity index is 1.72. The van der Waals surface area contributed by atoms with Gasteiger partial charge in [-0.25, -0.2) is 0 Å². The van der Waals surface area contributed by atoms with Crippen molar-refractivity contribution in [3.05, 3.63) is 18.3 Å². The number of rotatable bonds is 3. The average Bonchev–Trinajstić information content (AvgIpc) is 2.84. The number of β-amino-alcohol motifs (C(OH)–C–C–N with tert-alkyl or cyclic N) is 1. The van der Waals surface area contributed by atoms with E-state index in [1.165, 1.54) is 0 Å². The Morgan fingerprint density at radius 2 is 2.00 bits per heavy atom. The number of aromatic nitrogens is 2. The van der Waals surface area contributed by atoms with Crippen LogP contribution in [0.1, 0.15) is 13.8 Å². The molecule has 114 valence electrons. The Bertz CT molecular complexity index is 623. The van der Waals surface area contributed by atoms with Crippen LogP contribution in [0.25, 0.3) is 10.9 Å². The van der Waals surface area contributed by atoms with Gasteiger partial charge in [-0.15, -0.1) is 0 Å². The van der Waals surface area contributed by atoms with Crippen LogP contribution in [-0.4, -0.2) is 58.5 Å². The third kappa shape index (κ3) is 3.11. The Hall–Kier alpha value is -1.79. The minimum atomic E-state index is -0.643. The summed E-state index contributed by atoms with van der Waals surface area (Å²) in [5.41, 5.74) is 8.40. The smallest absolute Gasteiger partial charge is 0.0718 e. The molecule has 1 saturated heterocycles. The first kappa shape index (κ1) is 14.2. The first-order valence-electron chi connectivity index (χ1n) is 7.35. The molecule has 0 radical (unpaired) electrons. The fourth-order valence-corrected chi connectivity index (χ4v) is 2.97. The molecule has 1 aromatic heterocycles. The molecule has 3 rings (SSSR count). The highest BCUT2D eigenvalue weighted by Gasteiger charge is 2.23. The highest BCUT2D eigenvalue weighted by molar-refractivity contribution is 5.88. The summed E-state index contributed by atoms with van der Waals surface area (Å²) in [6, 6.07) is 4.04. The lowest BCUT2D eigenvalue weighted by atomic mass is 10.1. The molecule has 21 heavy (non-hydrogen) atoms. The zero-order valence-electron chi connectivity index (χ0n) is 12.6. The van der Waals surface area contributed by atoms with Gasteiger partial charge >= 0.3 is 0 Å². The summed E-state index contributed by atoms with van der Waals surface area (Å²) in [5, 5.41) is 18.0. The van der Waals surface area contributed by atoms with Crippen LogP contribution in [0.5, 0.6) is 0 Å². The summed E-state index contributed by atoms with van der Waals surface area (Å²) in [5.74, 6) is 0. The molecular weight excluding hydrogens is 266 g/mol. The van der Waals surface area contributed by atoms with Crippen molar-refractivity contribution in [2.45, 2.75) is 19.4 Å². The third-order valence-corrected chi connectivity index (χ3v) is 3.91. The van der Waals surface area contributed by atoms with Crippen LogP contribution in [0.15, 0.2) is 18.3 Å². The fraction of sp³-hybridized carbons (Fsp3) is 0.533. The zero-order valence-corrected chi connectivity index (χ0v) is 12.6. The lowest BCUT2D eigenvalue weighted by molar-refractivity contribution is 0.0345. The maximum Gasteiger partial charge on any atom is 0.0718 e. The van der Waals surface area contributed by atoms with Crippen molar-refractivity contribution in [3.63, 3.8) is 0 Å². The minimum Gasteiger partial charge on any atom is -0.397 e. The number of piperazine rings is 1. The van der Waals surface area contributed by atoms with Gasteiger partial charge in [-0.1, -0.05) is 0 Å². The van der Waals surface area contributed by atoms with Crippen LogP contribution in [0.2, 0.25) is 0 Å². The lowest BCUT2D eigenvalue weighted by Crippen LogP contribution is -2.50. The SMILES string of the molecule is CC(C)(O)CN1CCN(c2cc3[nH]ncc3cc2N)CC1. The second-order valence-corrected chi connectivity index (χ2v) is 6.44. The van der Waals surface area contributed by atoms with E-state index in [9.17, 15) is 5.11 Å². The van der Waals surface area contributed by atoms with E-state index in [0.717, 1.165) is 48.5 Å². The molecule has 1 fully saturated rings. The molecule has 6 heteroatoms. The van der Waals surface area contributed by atoms with Gasteiger partial charge in [-0.3, -0.25) is 10.00 Å². The summed E-state index contributed by atoms with van der Waals surface area (Å²) in [7, 11) is 0. The Labute approximate surface area is 124 Å². The Morgan fingerprint density at radius 3 is 2.67 bits per heavy atom. The van der Waals surface area contributed by atoms with Gasteiger partial charge in [0.25, 0.3) is 0 Å². The number of nitrogens with one attached hydrogen (secondary N) is 1. The van der Waals surface area contributed by atoms with Gasteiger partial charge in [0.05, 0.1) is 28.7 Å². The van der Waals surface area contributed by atoms with Crippen LogP contribution >= 0.6 is 0 Å². The average molecular weight is 289 g/mol. The molecule has 0 aliphatic carbocycles. The van der Waals surface area contributed by atoms with Crippen molar-refractivity contribution < 1.29 is 5.11 Å². The quantitative estimate of drug-likeness (QED) is 0.736. The summed E-state index contributed by atoms with van der Waals surface area (Å²) < 4.78 is 0. The molecule has 6 nitrogen and oxygen atoms in total. The van der Waals surface area contributed by atoms with Gasteiger partial charge in [0.15, 0.2) is 0 Å². The number of hydrogen-bond donors (Lipinski definition) is 3. The number of hydrogen-bond acceptors (Lipinski definition) is 5. The molecule has 0 saturated carbocycles. The van der Waals surface area contributed by atoms with Gasteiger partial charge in [0, 0.05) is 38.1 Å². The van der Waals surface area contributed by atoms with Crippen molar-refractivity contribution in [2.24, 2.45) is 0 Å². The fourth-order valence-electron chi connectivity index (χ4n) is 2.97. The topological polar surface area (TPSA) is 81.4 Å². The van der Waals surface area contributed by atoms with E-state index in [1.807, 2.05) is 19.9 Å². The normalized spacial score (nSPS) is 17.6. The molecule has 1 aromatic carbocycles. The summed E-state index contributed by atoms with van der Waals surface area (Å²) in [6.07, 6.45) is 1.79. The van der Waals surface area contributed by atoms with Gasteiger partial charge < -0.3 is 15.7 Å². The van der Waals surface area contributed by atoms with E-state index in [-0.39, 0.29) is 0 Å². The zero-order chi connectivity index (χ0) is 15.0. The van der Waals surface area contributed by atoms with Crippen LogP contribution < -0.4 is 10.6 Å².